The number of hydrogen-bond donors (Lipinski definition) is 1. The first-order valence-electron chi connectivity index (χ1n) is 5.86. The topological polar surface area (TPSA) is 62.1 Å². The third kappa shape index (κ3) is 3.01. The number of aliphatic hydroxyl groups is 1. The molecule has 2 rings (SSSR count). The van der Waals surface area contributed by atoms with E-state index in [1.54, 1.807) is 18.6 Å². The summed E-state index contributed by atoms with van der Waals surface area (Å²) in [7, 11) is 1.91. The Kier molecular flexibility index (Phi) is 4.20. The highest BCUT2D eigenvalue weighted by Crippen LogP contribution is 2.15. The lowest BCUT2D eigenvalue weighted by molar-refractivity contribution is 0.290. The van der Waals surface area contributed by atoms with Gasteiger partial charge in [0, 0.05) is 44.4 Å². The Morgan fingerprint density at radius 3 is 2.56 bits per heavy atom. The number of hydrogen-bond acceptors (Lipinski definition) is 5. The van der Waals surface area contributed by atoms with E-state index in [2.05, 4.69) is 15.0 Å². The second-order valence-electron chi connectivity index (χ2n) is 3.99. The van der Waals surface area contributed by atoms with Crippen molar-refractivity contribution in [3.63, 3.8) is 0 Å². The Balaban J connectivity index is 2.10. The third-order valence-corrected chi connectivity index (χ3v) is 2.59. The molecule has 18 heavy (non-hydrogen) atoms. The molecule has 2 heterocycles. The first-order valence-corrected chi connectivity index (χ1v) is 5.86. The molecule has 0 bridgehead atoms. The summed E-state index contributed by atoms with van der Waals surface area (Å²) in [6.07, 6.45) is 5.98. The molecule has 0 aliphatic carbocycles. The van der Waals surface area contributed by atoms with E-state index in [9.17, 15) is 0 Å². The predicted octanol–water partition coefficient (Wildman–Crippen LogP) is 1.36. The number of aromatic nitrogens is 3. The maximum Gasteiger partial charge on any atom is 0.225 e. The van der Waals surface area contributed by atoms with E-state index in [-0.39, 0.29) is 6.61 Å². The molecule has 0 atom stereocenters. The molecule has 2 aromatic heterocycles. The van der Waals surface area contributed by atoms with E-state index in [0.29, 0.717) is 12.4 Å². The van der Waals surface area contributed by atoms with Crippen molar-refractivity contribution < 1.29 is 5.11 Å². The Labute approximate surface area is 106 Å². The average Bonchev–Trinajstić information content (AvgIpc) is 2.46. The summed E-state index contributed by atoms with van der Waals surface area (Å²) >= 11 is 0. The van der Waals surface area contributed by atoms with Crippen molar-refractivity contribution in [2.75, 3.05) is 25.1 Å². The van der Waals surface area contributed by atoms with Crippen LogP contribution in [0.1, 0.15) is 6.42 Å². The van der Waals surface area contributed by atoms with Gasteiger partial charge < -0.3 is 10.0 Å². The Morgan fingerprint density at radius 1 is 1.17 bits per heavy atom. The van der Waals surface area contributed by atoms with Crippen LogP contribution in [0.4, 0.5) is 5.95 Å². The molecule has 0 saturated heterocycles. The summed E-state index contributed by atoms with van der Waals surface area (Å²) in [4.78, 5) is 14.8. The van der Waals surface area contributed by atoms with Crippen molar-refractivity contribution in [2.45, 2.75) is 6.42 Å². The van der Waals surface area contributed by atoms with Crippen LogP contribution in [0.5, 0.6) is 0 Å². The monoisotopic (exact) mass is 244 g/mol. The molecular formula is C13H16N4O. The van der Waals surface area contributed by atoms with E-state index in [4.69, 9.17) is 5.11 Å². The molecule has 1 N–H and O–H groups in total. The van der Waals surface area contributed by atoms with E-state index < -0.39 is 0 Å². The predicted molar refractivity (Wildman–Crippen MR) is 70.2 cm³/mol. The number of aliphatic hydroxyl groups excluding tert-OH is 1. The highest BCUT2D eigenvalue weighted by molar-refractivity contribution is 5.56. The molecule has 94 valence electrons. The van der Waals surface area contributed by atoms with Gasteiger partial charge in [0.25, 0.3) is 0 Å². The van der Waals surface area contributed by atoms with Gasteiger partial charge >= 0.3 is 0 Å². The standard InChI is InChI=1S/C13H16N4O/c1-17(7-4-8-18)13-15-9-11(10-16-13)12-5-2-3-6-14-12/h2-3,5-6,9-10,18H,4,7-8H2,1H3. The van der Waals surface area contributed by atoms with Gasteiger partial charge in [0.15, 0.2) is 0 Å². The molecular weight excluding hydrogens is 228 g/mol. The van der Waals surface area contributed by atoms with Crippen LogP contribution >= 0.6 is 0 Å². The van der Waals surface area contributed by atoms with Crippen molar-refractivity contribution in [2.24, 2.45) is 0 Å². The third-order valence-electron chi connectivity index (χ3n) is 2.59. The quantitative estimate of drug-likeness (QED) is 0.860. The molecule has 0 fully saturated rings. The van der Waals surface area contributed by atoms with Crippen LogP contribution in [-0.4, -0.2) is 40.3 Å². The normalized spacial score (nSPS) is 10.3. The fraction of sp³-hybridized carbons (Fsp3) is 0.308. The number of pyridine rings is 1. The Morgan fingerprint density at radius 2 is 1.94 bits per heavy atom. The van der Waals surface area contributed by atoms with Crippen molar-refractivity contribution in [1.29, 1.82) is 0 Å². The zero-order valence-corrected chi connectivity index (χ0v) is 10.3. The average molecular weight is 244 g/mol. The smallest absolute Gasteiger partial charge is 0.225 e. The Hall–Kier alpha value is -2.01. The first-order chi connectivity index (χ1) is 8.81. The van der Waals surface area contributed by atoms with Crippen molar-refractivity contribution in [3.05, 3.63) is 36.8 Å². The van der Waals surface area contributed by atoms with Gasteiger partial charge in [-0.15, -0.1) is 0 Å². The summed E-state index contributed by atoms with van der Waals surface area (Å²) < 4.78 is 0. The van der Waals surface area contributed by atoms with Gasteiger partial charge in [0.2, 0.25) is 5.95 Å². The lowest BCUT2D eigenvalue weighted by Crippen LogP contribution is -2.21. The molecule has 2 aromatic rings. The molecule has 0 aliphatic rings. The van der Waals surface area contributed by atoms with Crippen molar-refractivity contribution >= 4 is 5.95 Å². The van der Waals surface area contributed by atoms with Gasteiger partial charge in [-0.05, 0) is 18.6 Å². The second kappa shape index (κ2) is 6.07. The fourth-order valence-electron chi connectivity index (χ4n) is 1.59. The summed E-state index contributed by atoms with van der Waals surface area (Å²) in [6.45, 7) is 0.912. The van der Waals surface area contributed by atoms with E-state index in [1.165, 1.54) is 0 Å². The Bertz CT molecular complexity index is 472. The summed E-state index contributed by atoms with van der Waals surface area (Å²) in [5, 5.41) is 8.78. The highest BCUT2D eigenvalue weighted by atomic mass is 16.3. The van der Waals surface area contributed by atoms with Crippen molar-refractivity contribution in [3.8, 4) is 11.3 Å². The minimum Gasteiger partial charge on any atom is -0.396 e. The van der Waals surface area contributed by atoms with Crippen LogP contribution < -0.4 is 4.90 Å². The van der Waals surface area contributed by atoms with Crippen LogP contribution in [-0.2, 0) is 0 Å². The summed E-state index contributed by atoms with van der Waals surface area (Å²) in [5.41, 5.74) is 1.76. The molecule has 0 aromatic carbocycles. The SMILES string of the molecule is CN(CCCO)c1ncc(-c2ccccn2)cn1. The molecule has 0 radical (unpaired) electrons. The van der Waals surface area contributed by atoms with Gasteiger partial charge in [-0.3, -0.25) is 4.98 Å². The molecule has 0 spiro atoms. The minimum atomic E-state index is 0.177. The maximum absolute atomic E-state index is 8.78. The van der Waals surface area contributed by atoms with Crippen LogP contribution in [0.15, 0.2) is 36.8 Å². The lowest BCUT2D eigenvalue weighted by atomic mass is 10.2. The molecule has 0 saturated carbocycles. The molecule has 0 unspecified atom stereocenters. The highest BCUT2D eigenvalue weighted by Gasteiger charge is 2.05. The molecule has 5 nitrogen and oxygen atoms in total. The van der Waals surface area contributed by atoms with Crippen LogP contribution in [0, 0.1) is 0 Å². The lowest BCUT2D eigenvalue weighted by Gasteiger charge is -2.15. The van der Waals surface area contributed by atoms with Gasteiger partial charge in [-0.1, -0.05) is 6.07 Å². The van der Waals surface area contributed by atoms with Gasteiger partial charge in [-0.2, -0.15) is 0 Å². The maximum atomic E-state index is 8.78. The second-order valence-corrected chi connectivity index (χ2v) is 3.99. The molecule has 0 aliphatic heterocycles. The number of nitrogens with zero attached hydrogens (tertiary/aromatic N) is 4. The summed E-state index contributed by atoms with van der Waals surface area (Å²) in [6, 6.07) is 5.73. The zero-order valence-electron chi connectivity index (χ0n) is 10.3. The van der Waals surface area contributed by atoms with E-state index in [1.807, 2.05) is 30.1 Å². The largest absolute Gasteiger partial charge is 0.396 e. The first kappa shape index (κ1) is 12.4. The van der Waals surface area contributed by atoms with Gasteiger partial charge in [0.05, 0.1) is 5.69 Å². The van der Waals surface area contributed by atoms with Crippen LogP contribution in [0.25, 0.3) is 11.3 Å². The van der Waals surface area contributed by atoms with Crippen LogP contribution in [0.3, 0.4) is 0 Å². The van der Waals surface area contributed by atoms with Gasteiger partial charge in [-0.25, -0.2) is 9.97 Å². The molecule has 5 heteroatoms. The number of rotatable bonds is 5. The van der Waals surface area contributed by atoms with Crippen molar-refractivity contribution in [1.82, 2.24) is 15.0 Å². The minimum absolute atomic E-state index is 0.177. The number of anilines is 1. The fourth-order valence-corrected chi connectivity index (χ4v) is 1.59. The van der Waals surface area contributed by atoms with Crippen LogP contribution in [0.2, 0.25) is 0 Å². The molecule has 0 amide bonds. The van der Waals surface area contributed by atoms with E-state index >= 15 is 0 Å². The van der Waals surface area contributed by atoms with Gasteiger partial charge in [0.1, 0.15) is 0 Å². The summed E-state index contributed by atoms with van der Waals surface area (Å²) in [5.74, 6) is 0.656. The van der Waals surface area contributed by atoms with E-state index in [0.717, 1.165) is 17.8 Å². The zero-order chi connectivity index (χ0) is 12.8.